The number of nitrogen functional groups attached to an aromatic ring is 1. The van der Waals surface area contributed by atoms with Crippen LogP contribution < -0.4 is 31.8 Å². The van der Waals surface area contributed by atoms with Gasteiger partial charge in [-0.1, -0.05) is 0 Å². The molecule has 1 unspecified atom stereocenters. The van der Waals surface area contributed by atoms with Gasteiger partial charge in [-0.15, -0.1) is 12.6 Å². The molecule has 2 amide bonds. The van der Waals surface area contributed by atoms with E-state index in [0.29, 0.717) is 27.6 Å². The van der Waals surface area contributed by atoms with Crippen LogP contribution in [-0.2, 0) is 9.59 Å². The number of carbonyl (C=O) groups is 2. The molecule has 0 bridgehead atoms. The molecule has 10 heteroatoms. The molecule has 0 saturated heterocycles. The Labute approximate surface area is 169 Å². The molecule has 0 aliphatic rings. The Kier molecular flexibility index (Phi) is 8.33. The van der Waals surface area contributed by atoms with E-state index in [1.165, 1.54) is 14.0 Å². The summed E-state index contributed by atoms with van der Waals surface area (Å²) in [6.07, 6.45) is 0. The molecule has 1 aromatic carbocycles. The molecule has 0 saturated carbocycles. The first-order chi connectivity index (χ1) is 13.1. The summed E-state index contributed by atoms with van der Waals surface area (Å²) < 4.78 is 5.63. The first-order valence-corrected chi connectivity index (χ1v) is 8.91. The van der Waals surface area contributed by atoms with Gasteiger partial charge in [0.2, 0.25) is 5.91 Å². The second-order valence-electron chi connectivity index (χ2n) is 6.32. The van der Waals surface area contributed by atoms with Gasteiger partial charge in [0.15, 0.2) is 0 Å². The number of amides is 2. The fourth-order valence-corrected chi connectivity index (χ4v) is 2.30. The van der Waals surface area contributed by atoms with Gasteiger partial charge < -0.3 is 31.9 Å². The van der Waals surface area contributed by atoms with E-state index in [2.05, 4.69) is 28.3 Å². The molecule has 28 heavy (non-hydrogen) atoms. The van der Waals surface area contributed by atoms with Gasteiger partial charge >= 0.3 is 5.91 Å². The van der Waals surface area contributed by atoms with E-state index in [0.717, 1.165) is 0 Å². The van der Waals surface area contributed by atoms with Crippen LogP contribution in [0.4, 0.5) is 5.69 Å². The lowest BCUT2D eigenvalue weighted by molar-refractivity contribution is -0.418. The van der Waals surface area contributed by atoms with Crippen LogP contribution >= 0.6 is 12.6 Å². The molecular formula is C18H28N5O4S+. The van der Waals surface area contributed by atoms with E-state index in [4.69, 9.17) is 16.2 Å². The lowest BCUT2D eigenvalue weighted by Crippen LogP contribution is -2.73. The van der Waals surface area contributed by atoms with Gasteiger partial charge in [0, 0.05) is 23.3 Å². The number of nitrogens with one attached hydrogen (secondary N) is 3. The molecule has 0 aliphatic carbocycles. The largest absolute Gasteiger partial charge is 0.488 e. The Morgan fingerprint density at radius 3 is 2.54 bits per heavy atom. The van der Waals surface area contributed by atoms with E-state index in [1.54, 1.807) is 32.2 Å². The number of nitrogens with two attached hydrogens (primary N) is 2. The second-order valence-corrected chi connectivity index (χ2v) is 6.86. The lowest BCUT2D eigenvalue weighted by atomic mass is 10.0. The Bertz CT molecular complexity index is 805. The van der Waals surface area contributed by atoms with Gasteiger partial charge in [-0.25, -0.2) is 4.99 Å². The van der Waals surface area contributed by atoms with Crippen molar-refractivity contribution in [3.8, 4) is 5.75 Å². The number of benzene rings is 1. The minimum absolute atomic E-state index is 0.114. The van der Waals surface area contributed by atoms with Crippen molar-refractivity contribution in [3.63, 3.8) is 0 Å². The van der Waals surface area contributed by atoms with Gasteiger partial charge in [-0.3, -0.25) is 9.59 Å². The lowest BCUT2D eigenvalue weighted by Gasteiger charge is -2.26. The number of thiol groups is 1. The molecule has 1 aromatic rings. The number of hydrogen-bond donors (Lipinski definition) is 7. The number of anilines is 1. The van der Waals surface area contributed by atoms with Gasteiger partial charge in [0.1, 0.15) is 24.9 Å². The third kappa shape index (κ3) is 5.64. The van der Waals surface area contributed by atoms with E-state index in [1.807, 2.05) is 0 Å². The molecular weight excluding hydrogens is 382 g/mol. The number of rotatable bonds is 8. The third-order valence-corrected chi connectivity index (χ3v) is 4.52. The average Bonchev–Trinajstić information content (AvgIpc) is 2.67. The maximum Gasteiger partial charge on any atom is 0.317 e. The minimum Gasteiger partial charge on any atom is -0.488 e. The van der Waals surface area contributed by atoms with Gasteiger partial charge in [-0.05, 0) is 32.0 Å². The topological polar surface area (TPSA) is 154 Å². The minimum atomic E-state index is -1.50. The standard InChI is InChI=1S/C18H27N5O4S/c1-10(19)14(28)8-27-11-5-6-13(20)12(7-11)15(21-3)16(25)23-18(2,9-24)17(26)22-4/h5-7,24,28H,8-9,19-20H2,1-4H3,(H,22,26)(H,23,25)/p+1/b14-10-,21-15?. The van der Waals surface area contributed by atoms with Crippen LogP contribution in [0.1, 0.15) is 19.4 Å². The summed E-state index contributed by atoms with van der Waals surface area (Å²) >= 11 is 4.24. The van der Waals surface area contributed by atoms with Crippen molar-refractivity contribution < 1.29 is 24.4 Å². The van der Waals surface area contributed by atoms with Crippen molar-refractivity contribution in [1.82, 2.24) is 10.6 Å². The van der Waals surface area contributed by atoms with Gasteiger partial charge in [0.25, 0.3) is 5.71 Å². The van der Waals surface area contributed by atoms with Crippen molar-refractivity contribution in [2.24, 2.45) is 5.73 Å². The number of carbonyl (C=O) groups excluding carboxylic acids is 2. The number of ether oxygens (including phenoxy) is 1. The number of aliphatic hydroxyl groups excluding tert-OH is 1. The number of allylic oxidation sites excluding steroid dienone is 1. The monoisotopic (exact) mass is 410 g/mol. The first-order valence-electron chi connectivity index (χ1n) is 8.46. The maximum absolute atomic E-state index is 12.8. The van der Waals surface area contributed by atoms with Crippen molar-refractivity contribution in [3.05, 3.63) is 34.4 Å². The summed E-state index contributed by atoms with van der Waals surface area (Å²) in [6.45, 7) is 2.70. The Hall–Kier alpha value is -2.72. The van der Waals surface area contributed by atoms with Gasteiger partial charge in [0.05, 0.1) is 12.2 Å². The Morgan fingerprint density at radius 2 is 2.04 bits per heavy atom. The molecule has 0 heterocycles. The summed E-state index contributed by atoms with van der Waals surface area (Å²) in [5, 5.41) is 14.5. The van der Waals surface area contributed by atoms with E-state index in [9.17, 15) is 14.7 Å². The van der Waals surface area contributed by atoms with E-state index < -0.39 is 24.0 Å². The molecule has 0 radical (unpaired) electrons. The van der Waals surface area contributed by atoms with Crippen LogP contribution in [0.3, 0.4) is 0 Å². The number of hydrogen-bond acceptors (Lipinski definition) is 7. The average molecular weight is 411 g/mol. The van der Waals surface area contributed by atoms with Crippen molar-refractivity contribution in [2.75, 3.05) is 33.0 Å². The smallest absolute Gasteiger partial charge is 0.317 e. The van der Waals surface area contributed by atoms with Crippen LogP contribution in [0.5, 0.6) is 5.75 Å². The number of likely N-dealkylation sites (N-methyl/N-ethyl adjacent to an activating group) is 1. The van der Waals surface area contributed by atoms with Crippen LogP contribution in [0.2, 0.25) is 0 Å². The zero-order valence-corrected chi connectivity index (χ0v) is 17.3. The molecule has 0 aliphatic heterocycles. The number of aliphatic hydroxyl groups is 1. The van der Waals surface area contributed by atoms with Crippen molar-refractivity contribution in [2.45, 2.75) is 19.4 Å². The molecule has 1 rings (SSSR count). The molecule has 1 atom stereocenters. The SMILES string of the molecule is CNC(=O)C(C)(CO)NC(=O)C(=[NH+]C)c1cc(OC/C(S)=C(\C)N)ccc1N. The normalized spacial score (nSPS) is 14.6. The molecule has 154 valence electrons. The van der Waals surface area contributed by atoms with Crippen molar-refractivity contribution in [1.29, 1.82) is 0 Å². The van der Waals surface area contributed by atoms with E-state index in [-0.39, 0.29) is 12.3 Å². The zero-order valence-electron chi connectivity index (χ0n) is 16.4. The Balaban J connectivity index is 3.15. The summed E-state index contributed by atoms with van der Waals surface area (Å²) in [5.74, 6) is -0.693. The predicted octanol–water partition coefficient (Wildman–Crippen LogP) is -2.12. The van der Waals surface area contributed by atoms with Crippen LogP contribution in [-0.4, -0.2) is 55.5 Å². The zero-order chi connectivity index (χ0) is 21.5. The third-order valence-electron chi connectivity index (χ3n) is 4.04. The summed E-state index contributed by atoms with van der Waals surface area (Å²) in [7, 11) is 2.96. The highest BCUT2D eigenvalue weighted by Crippen LogP contribution is 2.21. The first kappa shape index (κ1) is 23.3. The van der Waals surface area contributed by atoms with Crippen molar-refractivity contribution >= 4 is 35.8 Å². The van der Waals surface area contributed by atoms with Crippen LogP contribution in [0.15, 0.2) is 28.8 Å². The quantitative estimate of drug-likeness (QED) is 0.148. The molecule has 0 fully saturated rings. The highest BCUT2D eigenvalue weighted by molar-refractivity contribution is 7.84. The van der Waals surface area contributed by atoms with Gasteiger partial charge in [-0.2, -0.15) is 0 Å². The molecule has 9 nitrogen and oxygen atoms in total. The maximum atomic E-state index is 12.8. The van der Waals surface area contributed by atoms with E-state index >= 15 is 0 Å². The summed E-state index contributed by atoms with van der Waals surface area (Å²) in [6, 6.07) is 4.83. The Morgan fingerprint density at radius 1 is 1.39 bits per heavy atom. The fourth-order valence-electron chi connectivity index (χ4n) is 2.23. The summed E-state index contributed by atoms with van der Waals surface area (Å²) in [4.78, 5) is 28.1. The summed E-state index contributed by atoms with van der Waals surface area (Å²) in [5.41, 5.74) is 11.5. The highest BCUT2D eigenvalue weighted by atomic mass is 32.1. The van der Waals surface area contributed by atoms with Crippen LogP contribution in [0.25, 0.3) is 0 Å². The molecule has 0 aromatic heterocycles. The molecule has 8 N–H and O–H groups in total. The predicted molar refractivity (Wildman–Crippen MR) is 111 cm³/mol. The fraction of sp³-hybridized carbons (Fsp3) is 0.389. The molecule has 0 spiro atoms. The highest BCUT2D eigenvalue weighted by Gasteiger charge is 2.36. The second kappa shape index (κ2) is 10.00. The van der Waals surface area contributed by atoms with Crippen LogP contribution in [0, 0.1) is 0 Å².